The molecule has 0 spiro atoms. The van der Waals surface area contributed by atoms with Crippen molar-refractivity contribution in [1.82, 2.24) is 0 Å². The van der Waals surface area contributed by atoms with Crippen LogP contribution in [0.4, 0.5) is 5.69 Å². The van der Waals surface area contributed by atoms with E-state index >= 15 is 0 Å². The molecule has 0 radical (unpaired) electrons. The van der Waals surface area contributed by atoms with Gasteiger partial charge >= 0.3 is 5.97 Å². The van der Waals surface area contributed by atoms with Gasteiger partial charge in [-0.05, 0) is 53.7 Å². The number of hydrogen-bond acceptors (Lipinski definition) is 4. The highest BCUT2D eigenvalue weighted by molar-refractivity contribution is 9.10. The number of rotatable bonds is 5. The molecule has 1 aliphatic heterocycles. The lowest BCUT2D eigenvalue weighted by Gasteiger charge is -2.36. The van der Waals surface area contributed by atoms with Crippen LogP contribution in [0.15, 0.2) is 22.7 Å². The predicted molar refractivity (Wildman–Crippen MR) is 97.3 cm³/mol. The molecule has 1 aromatic rings. The van der Waals surface area contributed by atoms with Gasteiger partial charge < -0.3 is 9.64 Å². The Balaban J connectivity index is 1.90. The highest BCUT2D eigenvalue weighted by Crippen LogP contribution is 2.51. The molecule has 130 valence electrons. The van der Waals surface area contributed by atoms with Crippen molar-refractivity contribution < 1.29 is 14.3 Å². The van der Waals surface area contributed by atoms with Crippen molar-refractivity contribution in [3.05, 3.63) is 28.2 Å². The first-order valence-corrected chi connectivity index (χ1v) is 9.59. The van der Waals surface area contributed by atoms with Gasteiger partial charge in [-0.1, -0.05) is 19.1 Å². The van der Waals surface area contributed by atoms with Gasteiger partial charge in [0.15, 0.2) is 5.78 Å². The Hall–Kier alpha value is -1.36. The third-order valence-electron chi connectivity index (χ3n) is 5.28. The number of hydrogen-bond donors (Lipinski definition) is 0. The van der Waals surface area contributed by atoms with Crippen LogP contribution in [0.2, 0.25) is 0 Å². The summed E-state index contributed by atoms with van der Waals surface area (Å²) in [6.07, 6.45) is 3.12. The number of Topliss-reactive ketones (excluding diaryl/α,β-unsaturated/α-hetero) is 1. The Kier molecular flexibility index (Phi) is 5.28. The number of esters is 1. The lowest BCUT2D eigenvalue weighted by atomic mass is 9.76. The minimum Gasteiger partial charge on any atom is -0.466 e. The summed E-state index contributed by atoms with van der Waals surface area (Å²) in [5, 5.41) is 0. The molecule has 1 heterocycles. The van der Waals surface area contributed by atoms with Gasteiger partial charge in [-0.3, -0.25) is 9.59 Å². The van der Waals surface area contributed by atoms with Gasteiger partial charge in [0.2, 0.25) is 0 Å². The Morgan fingerprint density at radius 2 is 2.08 bits per heavy atom. The SMILES string of the molecule is CCOC(=O)C1CC[C@H]2[C@@H](C1)c1cccc(Br)c1N2CC(=O)CC. The Bertz CT molecular complexity index is 645. The Labute approximate surface area is 151 Å². The highest BCUT2D eigenvalue weighted by Gasteiger charge is 2.45. The number of fused-ring (bicyclic) bond motifs is 3. The first kappa shape index (κ1) is 17.5. The maximum Gasteiger partial charge on any atom is 0.308 e. The number of carbonyl (C=O) groups excluding carboxylic acids is 2. The van der Waals surface area contributed by atoms with Gasteiger partial charge in [-0.2, -0.15) is 0 Å². The lowest BCUT2D eigenvalue weighted by molar-refractivity contribution is -0.149. The van der Waals surface area contributed by atoms with E-state index < -0.39 is 0 Å². The molecular weight excluding hydrogens is 370 g/mol. The van der Waals surface area contributed by atoms with Crippen molar-refractivity contribution in [2.45, 2.75) is 51.5 Å². The molecule has 0 N–H and O–H groups in total. The molecule has 1 saturated carbocycles. The smallest absolute Gasteiger partial charge is 0.308 e. The number of halogens is 1. The quantitative estimate of drug-likeness (QED) is 0.707. The average molecular weight is 394 g/mol. The molecule has 4 nitrogen and oxygen atoms in total. The number of anilines is 1. The van der Waals surface area contributed by atoms with E-state index in [1.165, 1.54) is 5.56 Å². The number of ether oxygens (including phenoxy) is 1. The molecule has 0 saturated heterocycles. The molecule has 1 fully saturated rings. The standard InChI is InChI=1S/C19H24BrNO3/c1-3-13(22)11-21-17-9-8-12(19(23)24-4-2)10-15(17)14-6-5-7-16(20)18(14)21/h5-7,12,15,17H,3-4,8-11H2,1-2H3/t12?,15-,17-/m0/s1. The lowest BCUT2D eigenvalue weighted by Crippen LogP contribution is -2.42. The number of benzene rings is 1. The van der Waals surface area contributed by atoms with Crippen molar-refractivity contribution >= 4 is 33.4 Å². The van der Waals surface area contributed by atoms with Crippen LogP contribution in [0, 0.1) is 5.92 Å². The number of carbonyl (C=O) groups is 2. The predicted octanol–water partition coefficient (Wildman–Crippen LogP) is 4.06. The van der Waals surface area contributed by atoms with Gasteiger partial charge in [0.1, 0.15) is 0 Å². The normalized spacial score (nSPS) is 25.1. The highest BCUT2D eigenvalue weighted by atomic mass is 79.9. The molecule has 5 heteroatoms. The van der Waals surface area contributed by atoms with Crippen LogP contribution in [0.25, 0.3) is 0 Å². The zero-order valence-electron chi connectivity index (χ0n) is 14.3. The summed E-state index contributed by atoms with van der Waals surface area (Å²) in [5.74, 6) is 0.450. The Morgan fingerprint density at radius 3 is 2.79 bits per heavy atom. The van der Waals surface area contributed by atoms with E-state index in [0.29, 0.717) is 31.5 Å². The first-order chi connectivity index (χ1) is 11.6. The van der Waals surface area contributed by atoms with Crippen molar-refractivity contribution in [3.63, 3.8) is 0 Å². The molecular formula is C19H24BrNO3. The summed E-state index contributed by atoms with van der Waals surface area (Å²) in [6, 6.07) is 6.52. The summed E-state index contributed by atoms with van der Waals surface area (Å²) in [7, 11) is 0. The van der Waals surface area contributed by atoms with Gasteiger partial charge in [-0.25, -0.2) is 0 Å². The first-order valence-electron chi connectivity index (χ1n) is 8.80. The largest absolute Gasteiger partial charge is 0.466 e. The third kappa shape index (κ3) is 3.10. The van der Waals surface area contributed by atoms with E-state index in [-0.39, 0.29) is 17.7 Å². The van der Waals surface area contributed by atoms with Gasteiger partial charge in [-0.15, -0.1) is 0 Å². The second-order valence-electron chi connectivity index (χ2n) is 6.63. The van der Waals surface area contributed by atoms with Crippen LogP contribution in [-0.4, -0.2) is 30.9 Å². The minimum absolute atomic E-state index is 0.0279. The fraction of sp³-hybridized carbons (Fsp3) is 0.579. The van der Waals surface area contributed by atoms with Crippen molar-refractivity contribution in [2.75, 3.05) is 18.1 Å². The monoisotopic (exact) mass is 393 g/mol. The second-order valence-corrected chi connectivity index (χ2v) is 7.49. The van der Waals surface area contributed by atoms with E-state index in [1.807, 2.05) is 26.0 Å². The van der Waals surface area contributed by atoms with Crippen LogP contribution < -0.4 is 4.90 Å². The molecule has 1 unspecified atom stereocenters. The van der Waals surface area contributed by atoms with Crippen LogP contribution in [0.5, 0.6) is 0 Å². The molecule has 2 aliphatic rings. The van der Waals surface area contributed by atoms with Gasteiger partial charge in [0.25, 0.3) is 0 Å². The van der Waals surface area contributed by atoms with Crippen LogP contribution in [0.3, 0.4) is 0 Å². The molecule has 0 aromatic heterocycles. The maximum absolute atomic E-state index is 12.2. The molecule has 0 bridgehead atoms. The fourth-order valence-corrected chi connectivity index (χ4v) is 4.74. The van der Waals surface area contributed by atoms with Crippen molar-refractivity contribution in [2.24, 2.45) is 5.92 Å². The topological polar surface area (TPSA) is 46.6 Å². The van der Waals surface area contributed by atoms with E-state index in [9.17, 15) is 9.59 Å². The van der Waals surface area contributed by atoms with E-state index in [2.05, 4.69) is 26.9 Å². The molecule has 24 heavy (non-hydrogen) atoms. The second kappa shape index (κ2) is 7.26. The zero-order chi connectivity index (χ0) is 17.3. The van der Waals surface area contributed by atoms with Crippen LogP contribution >= 0.6 is 15.9 Å². The summed E-state index contributed by atoms with van der Waals surface area (Å²) in [5.41, 5.74) is 2.39. The van der Waals surface area contributed by atoms with Gasteiger partial charge in [0.05, 0.1) is 24.8 Å². The third-order valence-corrected chi connectivity index (χ3v) is 5.92. The van der Waals surface area contributed by atoms with Gasteiger partial charge in [0, 0.05) is 22.9 Å². The molecule has 1 aliphatic carbocycles. The molecule has 0 amide bonds. The van der Waals surface area contributed by atoms with Crippen molar-refractivity contribution in [3.8, 4) is 0 Å². The number of nitrogens with zero attached hydrogens (tertiary/aromatic N) is 1. The fourth-order valence-electron chi connectivity index (χ4n) is 4.13. The zero-order valence-corrected chi connectivity index (χ0v) is 15.8. The number of ketones is 1. The van der Waals surface area contributed by atoms with Crippen LogP contribution in [-0.2, 0) is 14.3 Å². The molecule has 3 rings (SSSR count). The average Bonchev–Trinajstić information content (AvgIpc) is 2.89. The summed E-state index contributed by atoms with van der Waals surface area (Å²) in [4.78, 5) is 26.5. The maximum atomic E-state index is 12.2. The summed E-state index contributed by atoms with van der Waals surface area (Å²) < 4.78 is 6.27. The summed E-state index contributed by atoms with van der Waals surface area (Å²) in [6.45, 7) is 4.65. The summed E-state index contributed by atoms with van der Waals surface area (Å²) >= 11 is 3.66. The number of para-hydroxylation sites is 1. The van der Waals surface area contributed by atoms with Crippen molar-refractivity contribution in [1.29, 1.82) is 0 Å². The van der Waals surface area contributed by atoms with Crippen LogP contribution in [0.1, 0.15) is 51.0 Å². The van der Waals surface area contributed by atoms with E-state index in [4.69, 9.17) is 4.74 Å². The minimum atomic E-state index is -0.0735. The molecule has 3 atom stereocenters. The van der Waals surface area contributed by atoms with E-state index in [0.717, 1.165) is 29.4 Å². The molecule has 1 aromatic carbocycles. The Morgan fingerprint density at radius 1 is 1.29 bits per heavy atom. The van der Waals surface area contributed by atoms with E-state index in [1.54, 1.807) is 0 Å².